The molecule has 2 N–H and O–H groups in total. The van der Waals surface area contributed by atoms with Crippen molar-refractivity contribution in [3.05, 3.63) is 24.3 Å². The van der Waals surface area contributed by atoms with Gasteiger partial charge in [0.05, 0.1) is 12.8 Å². The Hall–Kier alpha value is -2.64. The lowest BCUT2D eigenvalue weighted by molar-refractivity contribution is -0.139. The van der Waals surface area contributed by atoms with Gasteiger partial charge in [-0.05, 0) is 25.0 Å². The Bertz CT molecular complexity index is 644. The van der Waals surface area contributed by atoms with E-state index in [9.17, 15) is 9.59 Å². The zero-order valence-corrected chi connectivity index (χ0v) is 11.9. The Kier molecular flexibility index (Phi) is 4.17. The molecule has 22 heavy (non-hydrogen) atoms. The molecule has 1 fully saturated rings. The molecule has 0 atom stereocenters. The Morgan fingerprint density at radius 2 is 2.05 bits per heavy atom. The molecule has 1 saturated carbocycles. The topological polar surface area (TPSA) is 110 Å². The lowest BCUT2D eigenvalue weighted by Gasteiger charge is -2.10. The zero-order chi connectivity index (χ0) is 15.4. The number of nitrogens with one attached hydrogen (secondary N) is 2. The highest BCUT2D eigenvalue weighted by molar-refractivity contribution is 6.35. The summed E-state index contributed by atoms with van der Waals surface area (Å²) in [6.45, 7) is -0.00930. The summed E-state index contributed by atoms with van der Waals surface area (Å²) in [7, 11) is 0. The molecule has 0 unspecified atom stereocenters. The maximum Gasteiger partial charge on any atom is 0.309 e. The molecule has 116 valence electrons. The molecule has 1 aliphatic rings. The van der Waals surface area contributed by atoms with E-state index in [1.807, 2.05) is 0 Å². The van der Waals surface area contributed by atoms with Gasteiger partial charge in [-0.3, -0.25) is 9.59 Å². The van der Waals surface area contributed by atoms with E-state index in [0.717, 1.165) is 25.7 Å². The minimum Gasteiger partial charge on any atom is -0.459 e. The van der Waals surface area contributed by atoms with Gasteiger partial charge >= 0.3 is 11.8 Å². The number of amides is 2. The van der Waals surface area contributed by atoms with Gasteiger partial charge in [-0.1, -0.05) is 12.8 Å². The number of rotatable bonds is 4. The van der Waals surface area contributed by atoms with Crippen LogP contribution >= 0.6 is 0 Å². The quantitative estimate of drug-likeness (QED) is 0.815. The van der Waals surface area contributed by atoms with Gasteiger partial charge in [-0.15, -0.1) is 10.2 Å². The van der Waals surface area contributed by atoms with Crippen LogP contribution in [0.15, 0.2) is 27.2 Å². The highest BCUT2D eigenvalue weighted by Crippen LogP contribution is 2.18. The maximum absolute atomic E-state index is 11.7. The van der Waals surface area contributed by atoms with Crippen LogP contribution in [0.3, 0.4) is 0 Å². The number of nitrogens with zero attached hydrogens (tertiary/aromatic N) is 2. The van der Waals surface area contributed by atoms with Gasteiger partial charge in [0, 0.05) is 6.04 Å². The zero-order valence-electron chi connectivity index (χ0n) is 11.9. The van der Waals surface area contributed by atoms with Crippen molar-refractivity contribution in [2.75, 3.05) is 0 Å². The summed E-state index contributed by atoms with van der Waals surface area (Å²) in [5.74, 6) is -0.454. The number of hydrogen-bond donors (Lipinski definition) is 2. The number of carbonyl (C=O) groups excluding carboxylic acids is 2. The summed E-state index contributed by atoms with van der Waals surface area (Å²) >= 11 is 0. The standard InChI is InChI=1S/C14H16N4O4/c19-12(13(20)16-9-4-1-2-5-9)15-8-11-17-18-14(22-11)10-6-3-7-21-10/h3,6-7,9H,1-2,4-5,8H2,(H,15,19)(H,16,20). The number of furan rings is 1. The summed E-state index contributed by atoms with van der Waals surface area (Å²) in [5.41, 5.74) is 0. The van der Waals surface area contributed by atoms with Crippen LogP contribution in [0.25, 0.3) is 11.7 Å². The Morgan fingerprint density at radius 1 is 1.23 bits per heavy atom. The van der Waals surface area contributed by atoms with Gasteiger partial charge in [0.25, 0.3) is 5.89 Å². The second-order valence-corrected chi connectivity index (χ2v) is 5.12. The third kappa shape index (κ3) is 3.33. The van der Waals surface area contributed by atoms with E-state index in [1.165, 1.54) is 6.26 Å². The summed E-state index contributed by atoms with van der Waals surface area (Å²) in [4.78, 5) is 23.4. The fourth-order valence-corrected chi connectivity index (χ4v) is 2.38. The fraction of sp³-hybridized carbons (Fsp3) is 0.429. The van der Waals surface area contributed by atoms with Gasteiger partial charge in [0.15, 0.2) is 5.76 Å². The minimum atomic E-state index is -0.704. The average Bonchev–Trinajstić information content (AvgIpc) is 3.25. The van der Waals surface area contributed by atoms with Gasteiger partial charge in [0.1, 0.15) is 0 Å². The van der Waals surface area contributed by atoms with Crippen molar-refractivity contribution in [1.29, 1.82) is 0 Å². The normalized spacial score (nSPS) is 14.9. The molecule has 2 aromatic heterocycles. The van der Waals surface area contributed by atoms with E-state index in [0.29, 0.717) is 5.76 Å². The monoisotopic (exact) mass is 304 g/mol. The van der Waals surface area contributed by atoms with Crippen molar-refractivity contribution >= 4 is 11.8 Å². The van der Waals surface area contributed by atoms with Crippen LogP contribution in [-0.4, -0.2) is 28.1 Å². The maximum atomic E-state index is 11.7. The molecule has 0 bridgehead atoms. The molecule has 2 heterocycles. The van der Waals surface area contributed by atoms with Gasteiger partial charge in [0.2, 0.25) is 5.89 Å². The fourth-order valence-electron chi connectivity index (χ4n) is 2.38. The number of hydrogen-bond acceptors (Lipinski definition) is 6. The summed E-state index contributed by atoms with van der Waals surface area (Å²) < 4.78 is 10.5. The molecule has 8 heteroatoms. The molecular weight excluding hydrogens is 288 g/mol. The van der Waals surface area contributed by atoms with Crippen molar-refractivity contribution in [2.45, 2.75) is 38.3 Å². The van der Waals surface area contributed by atoms with Crippen LogP contribution in [0.4, 0.5) is 0 Å². The van der Waals surface area contributed by atoms with E-state index in [-0.39, 0.29) is 24.4 Å². The van der Waals surface area contributed by atoms with Gasteiger partial charge < -0.3 is 19.5 Å². The molecule has 8 nitrogen and oxygen atoms in total. The van der Waals surface area contributed by atoms with Crippen molar-refractivity contribution < 1.29 is 18.4 Å². The number of aromatic nitrogens is 2. The first-order valence-electron chi connectivity index (χ1n) is 7.17. The second-order valence-electron chi connectivity index (χ2n) is 5.12. The molecule has 0 aromatic carbocycles. The third-order valence-corrected chi connectivity index (χ3v) is 3.50. The molecule has 3 rings (SSSR count). The van der Waals surface area contributed by atoms with Crippen LogP contribution in [0.2, 0.25) is 0 Å². The summed E-state index contributed by atoms with van der Waals surface area (Å²) in [6, 6.07) is 3.49. The average molecular weight is 304 g/mol. The largest absolute Gasteiger partial charge is 0.459 e. The predicted molar refractivity (Wildman–Crippen MR) is 74.2 cm³/mol. The van der Waals surface area contributed by atoms with Crippen LogP contribution in [0.5, 0.6) is 0 Å². The first kappa shape index (κ1) is 14.3. The van der Waals surface area contributed by atoms with Gasteiger partial charge in [-0.2, -0.15) is 0 Å². The van der Waals surface area contributed by atoms with E-state index in [1.54, 1.807) is 12.1 Å². The van der Waals surface area contributed by atoms with Crippen molar-refractivity contribution in [1.82, 2.24) is 20.8 Å². The van der Waals surface area contributed by atoms with Crippen molar-refractivity contribution in [2.24, 2.45) is 0 Å². The highest BCUT2D eigenvalue weighted by atomic mass is 16.4. The Morgan fingerprint density at radius 3 is 2.77 bits per heavy atom. The van der Waals surface area contributed by atoms with E-state index < -0.39 is 11.8 Å². The molecule has 0 aliphatic heterocycles. The minimum absolute atomic E-state index is 0.00930. The number of carbonyl (C=O) groups is 2. The molecule has 0 spiro atoms. The van der Waals surface area contributed by atoms with E-state index in [4.69, 9.17) is 8.83 Å². The summed E-state index contributed by atoms with van der Waals surface area (Å²) in [6.07, 6.45) is 5.52. The van der Waals surface area contributed by atoms with Crippen LogP contribution in [-0.2, 0) is 16.1 Å². The molecule has 1 aliphatic carbocycles. The molecule has 2 amide bonds. The van der Waals surface area contributed by atoms with Crippen LogP contribution < -0.4 is 10.6 Å². The lowest BCUT2D eigenvalue weighted by atomic mass is 10.2. The van der Waals surface area contributed by atoms with Crippen LogP contribution in [0, 0.1) is 0 Å². The third-order valence-electron chi connectivity index (χ3n) is 3.50. The first-order chi connectivity index (χ1) is 10.7. The summed E-state index contributed by atoms with van der Waals surface area (Å²) in [5, 5.41) is 12.7. The van der Waals surface area contributed by atoms with Crippen molar-refractivity contribution in [3.63, 3.8) is 0 Å². The van der Waals surface area contributed by atoms with Crippen molar-refractivity contribution in [3.8, 4) is 11.7 Å². The highest BCUT2D eigenvalue weighted by Gasteiger charge is 2.21. The van der Waals surface area contributed by atoms with E-state index >= 15 is 0 Å². The molecule has 0 radical (unpaired) electrons. The molecule has 0 saturated heterocycles. The second kappa shape index (κ2) is 6.42. The van der Waals surface area contributed by atoms with Crippen LogP contribution in [0.1, 0.15) is 31.6 Å². The SMILES string of the molecule is O=C(NCc1nnc(-c2ccco2)o1)C(=O)NC1CCCC1. The van der Waals surface area contributed by atoms with E-state index in [2.05, 4.69) is 20.8 Å². The smallest absolute Gasteiger partial charge is 0.309 e. The first-order valence-corrected chi connectivity index (χ1v) is 7.17. The molecule has 2 aromatic rings. The lowest BCUT2D eigenvalue weighted by Crippen LogP contribution is -2.43. The Labute approximate surface area is 126 Å². The Balaban J connectivity index is 1.49. The molecular formula is C14H16N4O4. The predicted octanol–water partition coefficient (Wildman–Crippen LogP) is 1.00. The van der Waals surface area contributed by atoms with Gasteiger partial charge in [-0.25, -0.2) is 0 Å².